The van der Waals surface area contributed by atoms with E-state index in [1.807, 2.05) is 0 Å². The Labute approximate surface area is 111 Å². The first-order valence-corrected chi connectivity index (χ1v) is 5.54. The predicted octanol–water partition coefficient (Wildman–Crippen LogP) is 1.19. The van der Waals surface area contributed by atoms with Crippen LogP contribution in [0.1, 0.15) is 21.0 Å². The topological polar surface area (TPSA) is 106 Å². The summed E-state index contributed by atoms with van der Waals surface area (Å²) in [5.74, 6) is -1.28. The van der Waals surface area contributed by atoms with Crippen molar-refractivity contribution in [2.24, 2.45) is 0 Å². The fourth-order valence-electron chi connectivity index (χ4n) is 1.94. The molecular weight excluding hydrogens is 264 g/mol. The maximum absolute atomic E-state index is 12.1. The van der Waals surface area contributed by atoms with Gasteiger partial charge in [-0.05, 0) is 6.07 Å². The number of fused-ring (bicyclic) bond motifs is 1. The second kappa shape index (κ2) is 4.19. The molecule has 1 aliphatic heterocycles. The number of hydrogen-bond acceptors (Lipinski definition) is 6. The Kier molecular flexibility index (Phi) is 2.50. The van der Waals surface area contributed by atoms with Gasteiger partial charge < -0.3 is 0 Å². The highest BCUT2D eigenvalue weighted by Crippen LogP contribution is 2.28. The number of non-ortho nitro benzene ring substituents is 1. The number of carbonyl (C=O) groups excluding carboxylic acids is 2. The van der Waals surface area contributed by atoms with Crippen molar-refractivity contribution in [1.29, 1.82) is 0 Å². The molecule has 8 heteroatoms. The van der Waals surface area contributed by atoms with Gasteiger partial charge in [0.2, 0.25) is 0 Å². The van der Waals surface area contributed by atoms with E-state index in [0.717, 1.165) is 11.0 Å². The van der Waals surface area contributed by atoms with Gasteiger partial charge >= 0.3 is 0 Å². The van der Waals surface area contributed by atoms with Crippen molar-refractivity contribution in [3.05, 3.63) is 58.2 Å². The van der Waals surface area contributed by atoms with Crippen molar-refractivity contribution in [3.8, 4) is 0 Å². The Bertz CT molecular complexity index is 724. The highest BCUT2D eigenvalue weighted by Gasteiger charge is 2.39. The molecule has 0 spiro atoms. The van der Waals surface area contributed by atoms with Crippen molar-refractivity contribution in [2.45, 2.75) is 0 Å². The summed E-state index contributed by atoms with van der Waals surface area (Å²) in [4.78, 5) is 42.8. The maximum atomic E-state index is 12.1. The van der Waals surface area contributed by atoms with Gasteiger partial charge in [-0.1, -0.05) is 6.07 Å². The van der Waals surface area contributed by atoms with Crippen LogP contribution in [0.15, 0.2) is 36.7 Å². The van der Waals surface area contributed by atoms with E-state index in [9.17, 15) is 19.7 Å². The molecule has 1 aromatic heterocycles. The van der Waals surface area contributed by atoms with Gasteiger partial charge in [0.1, 0.15) is 0 Å². The van der Waals surface area contributed by atoms with Gasteiger partial charge in [0, 0.05) is 24.5 Å². The first kappa shape index (κ1) is 11.9. The molecule has 0 aliphatic carbocycles. The number of nitro groups is 1. The number of benzene rings is 1. The molecule has 1 aliphatic rings. The van der Waals surface area contributed by atoms with Crippen LogP contribution in [0.3, 0.4) is 0 Å². The number of nitrogens with zero attached hydrogens (tertiary/aromatic N) is 4. The zero-order chi connectivity index (χ0) is 14.3. The molecule has 0 fully saturated rings. The molecule has 8 nitrogen and oxygen atoms in total. The van der Waals surface area contributed by atoms with Gasteiger partial charge in [0.05, 0.1) is 10.6 Å². The molecule has 2 heterocycles. The van der Waals surface area contributed by atoms with E-state index in [1.165, 1.54) is 30.6 Å². The zero-order valence-corrected chi connectivity index (χ0v) is 9.89. The normalized spacial score (nSPS) is 13.5. The number of hydrogen-bond donors (Lipinski definition) is 0. The maximum Gasteiger partial charge on any atom is 0.286 e. The SMILES string of the molecule is O=C1c2nccnc2C(=O)N1c1cccc([N+](=O)[O-])c1. The lowest BCUT2D eigenvalue weighted by atomic mass is 10.2. The van der Waals surface area contributed by atoms with E-state index in [1.54, 1.807) is 0 Å². The second-order valence-corrected chi connectivity index (χ2v) is 3.98. The van der Waals surface area contributed by atoms with E-state index in [2.05, 4.69) is 9.97 Å². The van der Waals surface area contributed by atoms with Crippen molar-refractivity contribution in [2.75, 3.05) is 4.90 Å². The summed E-state index contributed by atoms with van der Waals surface area (Å²) in [5.41, 5.74) is -0.193. The summed E-state index contributed by atoms with van der Waals surface area (Å²) in [6.45, 7) is 0. The van der Waals surface area contributed by atoms with Gasteiger partial charge in [-0.25, -0.2) is 14.9 Å². The third-order valence-corrected chi connectivity index (χ3v) is 2.81. The molecule has 0 atom stereocenters. The number of amides is 2. The first-order chi connectivity index (χ1) is 9.59. The largest absolute Gasteiger partial charge is 0.286 e. The molecule has 0 N–H and O–H groups in total. The van der Waals surface area contributed by atoms with Crippen LogP contribution in [0.4, 0.5) is 11.4 Å². The molecule has 2 amide bonds. The minimum Gasteiger partial charge on any atom is -0.266 e. The second-order valence-electron chi connectivity index (χ2n) is 3.98. The molecule has 0 saturated heterocycles. The number of rotatable bonds is 2. The van der Waals surface area contributed by atoms with Crippen LogP contribution in [0.25, 0.3) is 0 Å². The summed E-state index contributed by atoms with van der Waals surface area (Å²) < 4.78 is 0. The molecule has 0 saturated carbocycles. The van der Waals surface area contributed by atoms with Crippen molar-refractivity contribution in [1.82, 2.24) is 9.97 Å². The average molecular weight is 270 g/mol. The van der Waals surface area contributed by atoms with Gasteiger partial charge in [-0.15, -0.1) is 0 Å². The number of aromatic nitrogens is 2. The van der Waals surface area contributed by atoms with Crippen LogP contribution >= 0.6 is 0 Å². The van der Waals surface area contributed by atoms with Crippen LogP contribution in [0.5, 0.6) is 0 Å². The number of nitro benzene ring substituents is 1. The van der Waals surface area contributed by atoms with E-state index in [0.29, 0.717) is 0 Å². The molecule has 20 heavy (non-hydrogen) atoms. The Hall–Kier alpha value is -3.16. The van der Waals surface area contributed by atoms with E-state index >= 15 is 0 Å². The summed E-state index contributed by atoms with van der Waals surface area (Å²) in [5, 5.41) is 10.7. The van der Waals surface area contributed by atoms with Crippen molar-refractivity contribution >= 4 is 23.2 Å². The lowest BCUT2D eigenvalue weighted by Crippen LogP contribution is -2.29. The van der Waals surface area contributed by atoms with E-state index in [4.69, 9.17) is 0 Å². The molecule has 0 radical (unpaired) electrons. The quantitative estimate of drug-likeness (QED) is 0.461. The Morgan fingerprint density at radius 3 is 2.20 bits per heavy atom. The molecule has 98 valence electrons. The zero-order valence-electron chi connectivity index (χ0n) is 9.89. The number of anilines is 1. The molecule has 0 unspecified atom stereocenters. The van der Waals surface area contributed by atoms with Gasteiger partial charge in [0.25, 0.3) is 17.5 Å². The predicted molar refractivity (Wildman–Crippen MR) is 66.3 cm³/mol. The smallest absolute Gasteiger partial charge is 0.266 e. The van der Waals surface area contributed by atoms with Gasteiger partial charge in [-0.3, -0.25) is 19.7 Å². The van der Waals surface area contributed by atoms with Crippen LogP contribution < -0.4 is 4.90 Å². The third-order valence-electron chi connectivity index (χ3n) is 2.81. The Morgan fingerprint density at radius 2 is 1.65 bits per heavy atom. The van der Waals surface area contributed by atoms with Crippen molar-refractivity contribution < 1.29 is 14.5 Å². The third kappa shape index (κ3) is 1.62. The van der Waals surface area contributed by atoms with Crippen LogP contribution in [-0.2, 0) is 0 Å². The fraction of sp³-hybridized carbons (Fsp3) is 0. The van der Waals surface area contributed by atoms with E-state index < -0.39 is 16.7 Å². The monoisotopic (exact) mass is 270 g/mol. The standard InChI is InChI=1S/C12H6N4O4/c17-11-9-10(14-5-4-13-9)12(18)15(11)7-2-1-3-8(6-7)16(19)20/h1-6H. The highest BCUT2D eigenvalue weighted by atomic mass is 16.6. The summed E-state index contributed by atoms with van der Waals surface area (Å²) in [7, 11) is 0. The Morgan fingerprint density at radius 1 is 1.05 bits per heavy atom. The summed E-state index contributed by atoms with van der Waals surface area (Å²) >= 11 is 0. The molecule has 3 rings (SSSR count). The Balaban J connectivity index is 2.09. The molecule has 2 aromatic rings. The number of carbonyl (C=O) groups is 2. The first-order valence-electron chi connectivity index (χ1n) is 5.54. The average Bonchev–Trinajstić information content (AvgIpc) is 2.72. The van der Waals surface area contributed by atoms with Crippen LogP contribution in [-0.4, -0.2) is 26.7 Å². The minimum absolute atomic E-state index is 0.0518. The van der Waals surface area contributed by atoms with Crippen molar-refractivity contribution in [3.63, 3.8) is 0 Å². The lowest BCUT2D eigenvalue weighted by molar-refractivity contribution is -0.384. The number of imide groups is 1. The van der Waals surface area contributed by atoms with Gasteiger partial charge in [0.15, 0.2) is 11.4 Å². The fourth-order valence-corrected chi connectivity index (χ4v) is 1.94. The summed E-state index contributed by atoms with van der Waals surface area (Å²) in [6, 6.07) is 5.27. The lowest BCUT2D eigenvalue weighted by Gasteiger charge is -2.12. The minimum atomic E-state index is -0.640. The highest BCUT2D eigenvalue weighted by molar-refractivity contribution is 6.33. The summed E-state index contributed by atoms with van der Waals surface area (Å²) in [6.07, 6.45) is 2.61. The molecule has 1 aromatic carbocycles. The molecular formula is C12H6N4O4. The molecule has 0 bridgehead atoms. The van der Waals surface area contributed by atoms with Gasteiger partial charge in [-0.2, -0.15) is 0 Å². The van der Waals surface area contributed by atoms with Crippen LogP contribution in [0.2, 0.25) is 0 Å². The van der Waals surface area contributed by atoms with Crippen LogP contribution in [0, 0.1) is 10.1 Å². The van der Waals surface area contributed by atoms with E-state index in [-0.39, 0.29) is 22.8 Å².